The second kappa shape index (κ2) is 6.25. The van der Waals surface area contributed by atoms with Gasteiger partial charge in [0.25, 0.3) is 5.91 Å². The van der Waals surface area contributed by atoms with Crippen molar-refractivity contribution in [2.24, 2.45) is 0 Å². The molecule has 0 saturated carbocycles. The van der Waals surface area contributed by atoms with Gasteiger partial charge in [-0.1, -0.05) is 6.07 Å². The lowest BCUT2D eigenvalue weighted by molar-refractivity contribution is 0.0948. The molecule has 0 aliphatic rings. The van der Waals surface area contributed by atoms with Gasteiger partial charge in [0.1, 0.15) is 22.4 Å². The minimum absolute atomic E-state index is 0.172. The average molecular weight is 310 g/mol. The molecule has 1 amide bonds. The lowest BCUT2D eigenvalue weighted by Gasteiger charge is -2.03. The highest BCUT2D eigenvalue weighted by atomic mass is 79.9. The van der Waals surface area contributed by atoms with Gasteiger partial charge in [-0.05, 0) is 34.5 Å². The number of pyridine rings is 1. The minimum atomic E-state index is -0.172. The summed E-state index contributed by atoms with van der Waals surface area (Å²) < 4.78 is 0.650. The van der Waals surface area contributed by atoms with Crippen LogP contribution >= 0.6 is 15.9 Å². The summed E-state index contributed by atoms with van der Waals surface area (Å²) >= 11 is 3.23. The molecular formula is C11H12BrN5O. The Morgan fingerprint density at radius 1 is 1.44 bits per heavy atom. The first kappa shape index (κ1) is 12.7. The third-order valence-corrected chi connectivity index (χ3v) is 2.73. The Kier molecular flexibility index (Phi) is 4.40. The molecule has 0 aliphatic carbocycles. The highest BCUT2D eigenvalue weighted by Gasteiger charge is 2.06. The Morgan fingerprint density at radius 3 is 3.06 bits per heavy atom. The summed E-state index contributed by atoms with van der Waals surface area (Å²) in [6.07, 6.45) is 3.03. The molecule has 0 atom stereocenters. The molecule has 2 N–H and O–H groups in total. The normalized spacial score (nSPS) is 10.3. The van der Waals surface area contributed by atoms with Crippen LogP contribution in [0.25, 0.3) is 0 Å². The number of aromatic nitrogens is 4. The van der Waals surface area contributed by atoms with E-state index >= 15 is 0 Å². The maximum atomic E-state index is 11.7. The van der Waals surface area contributed by atoms with Crippen LogP contribution in [-0.2, 0) is 6.42 Å². The molecular weight excluding hydrogens is 298 g/mol. The van der Waals surface area contributed by atoms with Crippen LogP contribution in [0.4, 0.5) is 0 Å². The van der Waals surface area contributed by atoms with E-state index in [0.29, 0.717) is 16.8 Å². The predicted octanol–water partition coefficient (Wildman–Crippen LogP) is 1.32. The fraction of sp³-hybridized carbons (Fsp3) is 0.273. The van der Waals surface area contributed by atoms with Gasteiger partial charge in [-0.3, -0.25) is 9.89 Å². The second-order valence-electron chi connectivity index (χ2n) is 3.64. The van der Waals surface area contributed by atoms with E-state index in [1.807, 2.05) is 0 Å². The number of nitrogens with one attached hydrogen (secondary N) is 2. The van der Waals surface area contributed by atoms with Crippen molar-refractivity contribution in [3.8, 4) is 0 Å². The molecule has 18 heavy (non-hydrogen) atoms. The average Bonchev–Trinajstić information content (AvgIpc) is 2.87. The van der Waals surface area contributed by atoms with Gasteiger partial charge in [-0.25, -0.2) is 9.97 Å². The SMILES string of the molecule is O=C(NCCCc1ncn[nH]1)c1cccc(Br)n1. The van der Waals surface area contributed by atoms with E-state index in [-0.39, 0.29) is 5.91 Å². The highest BCUT2D eigenvalue weighted by Crippen LogP contribution is 2.06. The molecule has 0 aromatic carbocycles. The number of nitrogens with zero attached hydrogens (tertiary/aromatic N) is 3. The van der Waals surface area contributed by atoms with E-state index in [1.165, 1.54) is 6.33 Å². The van der Waals surface area contributed by atoms with Crippen molar-refractivity contribution >= 4 is 21.8 Å². The summed E-state index contributed by atoms with van der Waals surface area (Å²) in [5.41, 5.74) is 0.407. The van der Waals surface area contributed by atoms with Crippen LogP contribution in [0.15, 0.2) is 29.1 Å². The second-order valence-corrected chi connectivity index (χ2v) is 4.45. The molecule has 7 heteroatoms. The Hall–Kier alpha value is -1.76. The molecule has 0 unspecified atom stereocenters. The van der Waals surface area contributed by atoms with E-state index in [4.69, 9.17) is 0 Å². The number of aryl methyl sites for hydroxylation is 1. The van der Waals surface area contributed by atoms with Gasteiger partial charge in [0.2, 0.25) is 0 Å². The molecule has 94 valence electrons. The van der Waals surface area contributed by atoms with Crippen molar-refractivity contribution in [3.63, 3.8) is 0 Å². The van der Waals surface area contributed by atoms with Crippen LogP contribution in [-0.4, -0.2) is 32.6 Å². The lowest BCUT2D eigenvalue weighted by Crippen LogP contribution is -2.25. The van der Waals surface area contributed by atoms with Crippen molar-refractivity contribution < 1.29 is 4.79 Å². The largest absolute Gasteiger partial charge is 0.351 e. The molecule has 2 aromatic rings. The fourth-order valence-electron chi connectivity index (χ4n) is 1.43. The molecule has 0 radical (unpaired) electrons. The van der Waals surface area contributed by atoms with Gasteiger partial charge in [-0.2, -0.15) is 5.10 Å². The summed E-state index contributed by atoms with van der Waals surface area (Å²) in [6.45, 7) is 0.577. The third kappa shape index (κ3) is 3.63. The van der Waals surface area contributed by atoms with E-state index in [2.05, 4.69) is 41.4 Å². The van der Waals surface area contributed by atoms with Crippen LogP contribution in [0.5, 0.6) is 0 Å². The van der Waals surface area contributed by atoms with Crippen molar-refractivity contribution in [2.75, 3.05) is 6.54 Å². The van der Waals surface area contributed by atoms with Gasteiger partial charge in [0, 0.05) is 13.0 Å². The standard InChI is InChI=1S/C11H12BrN5O/c12-9-4-1-3-8(16-9)11(18)13-6-2-5-10-14-7-15-17-10/h1,3-4,7H,2,5-6H2,(H,13,18)(H,14,15,17). The van der Waals surface area contributed by atoms with Crippen LogP contribution in [0, 0.1) is 0 Å². The molecule has 2 aromatic heterocycles. The molecule has 0 fully saturated rings. The molecule has 0 spiro atoms. The Bertz CT molecular complexity index is 514. The van der Waals surface area contributed by atoms with Crippen molar-refractivity contribution in [1.82, 2.24) is 25.5 Å². The topological polar surface area (TPSA) is 83.6 Å². The molecule has 2 heterocycles. The van der Waals surface area contributed by atoms with Crippen molar-refractivity contribution in [2.45, 2.75) is 12.8 Å². The third-order valence-electron chi connectivity index (χ3n) is 2.29. The van der Waals surface area contributed by atoms with Gasteiger partial charge in [0.05, 0.1) is 0 Å². The summed E-state index contributed by atoms with van der Waals surface area (Å²) in [7, 11) is 0. The lowest BCUT2D eigenvalue weighted by atomic mass is 10.3. The maximum Gasteiger partial charge on any atom is 0.269 e. The summed E-state index contributed by atoms with van der Waals surface area (Å²) in [5.74, 6) is 0.652. The van der Waals surface area contributed by atoms with Gasteiger partial charge in [-0.15, -0.1) is 0 Å². The number of rotatable bonds is 5. The smallest absolute Gasteiger partial charge is 0.269 e. The monoisotopic (exact) mass is 309 g/mol. The fourth-order valence-corrected chi connectivity index (χ4v) is 1.78. The predicted molar refractivity (Wildman–Crippen MR) is 69.0 cm³/mol. The van der Waals surface area contributed by atoms with Crippen LogP contribution in [0.2, 0.25) is 0 Å². The minimum Gasteiger partial charge on any atom is -0.351 e. The zero-order valence-electron chi connectivity index (χ0n) is 9.56. The molecule has 0 bridgehead atoms. The van der Waals surface area contributed by atoms with E-state index < -0.39 is 0 Å². The van der Waals surface area contributed by atoms with Gasteiger partial charge < -0.3 is 5.32 Å². The van der Waals surface area contributed by atoms with Crippen molar-refractivity contribution in [1.29, 1.82) is 0 Å². The van der Waals surface area contributed by atoms with E-state index in [1.54, 1.807) is 18.2 Å². The van der Waals surface area contributed by atoms with Crippen LogP contribution in [0.3, 0.4) is 0 Å². The Morgan fingerprint density at radius 2 is 2.33 bits per heavy atom. The Balaban J connectivity index is 1.75. The zero-order valence-corrected chi connectivity index (χ0v) is 11.1. The van der Waals surface area contributed by atoms with Crippen LogP contribution < -0.4 is 5.32 Å². The molecule has 2 rings (SSSR count). The molecule has 0 aliphatic heterocycles. The molecule has 0 saturated heterocycles. The van der Waals surface area contributed by atoms with Gasteiger partial charge in [0.15, 0.2) is 0 Å². The van der Waals surface area contributed by atoms with Gasteiger partial charge >= 0.3 is 0 Å². The number of halogens is 1. The first-order chi connectivity index (χ1) is 8.75. The highest BCUT2D eigenvalue weighted by molar-refractivity contribution is 9.10. The number of carbonyl (C=O) groups excluding carboxylic acids is 1. The van der Waals surface area contributed by atoms with E-state index in [9.17, 15) is 4.79 Å². The van der Waals surface area contributed by atoms with E-state index in [0.717, 1.165) is 18.7 Å². The first-order valence-electron chi connectivity index (χ1n) is 5.51. The number of hydrogen-bond donors (Lipinski definition) is 2. The number of amides is 1. The Labute approximate surface area is 112 Å². The van der Waals surface area contributed by atoms with Crippen LogP contribution in [0.1, 0.15) is 22.7 Å². The quantitative estimate of drug-likeness (QED) is 0.644. The maximum absolute atomic E-state index is 11.7. The molecule has 6 nitrogen and oxygen atoms in total. The number of H-pyrrole nitrogens is 1. The number of aromatic amines is 1. The summed E-state index contributed by atoms with van der Waals surface area (Å²) in [5, 5.41) is 9.33. The number of carbonyl (C=O) groups is 1. The summed E-state index contributed by atoms with van der Waals surface area (Å²) in [4.78, 5) is 19.8. The number of hydrogen-bond acceptors (Lipinski definition) is 4. The summed E-state index contributed by atoms with van der Waals surface area (Å²) in [6, 6.07) is 5.23. The van der Waals surface area contributed by atoms with Crippen molar-refractivity contribution in [3.05, 3.63) is 40.6 Å². The zero-order chi connectivity index (χ0) is 12.8. The first-order valence-corrected chi connectivity index (χ1v) is 6.30.